The summed E-state index contributed by atoms with van der Waals surface area (Å²) in [6.07, 6.45) is 6.11. The molecule has 0 radical (unpaired) electrons. The molecular weight excluding hydrogens is 378 g/mol. The van der Waals surface area contributed by atoms with Gasteiger partial charge in [-0.2, -0.15) is 5.10 Å². The van der Waals surface area contributed by atoms with Crippen LogP contribution in [0.2, 0.25) is 0 Å². The van der Waals surface area contributed by atoms with Crippen LogP contribution in [0, 0.1) is 0 Å². The number of hydrogen-bond donors (Lipinski definition) is 1. The topological polar surface area (TPSA) is 73.2 Å². The fourth-order valence-electron chi connectivity index (χ4n) is 3.21. The van der Waals surface area contributed by atoms with E-state index in [1.54, 1.807) is 10.9 Å². The third kappa shape index (κ3) is 6.30. The number of benzene rings is 2. The number of esters is 1. The number of amides is 1. The van der Waals surface area contributed by atoms with Gasteiger partial charge in [0.2, 0.25) is 0 Å². The van der Waals surface area contributed by atoms with E-state index in [0.717, 1.165) is 29.7 Å². The summed E-state index contributed by atoms with van der Waals surface area (Å²) < 4.78 is 6.92. The van der Waals surface area contributed by atoms with Crippen molar-refractivity contribution in [1.29, 1.82) is 0 Å². The molecule has 1 heterocycles. The van der Waals surface area contributed by atoms with Crippen molar-refractivity contribution in [3.8, 4) is 5.69 Å². The highest BCUT2D eigenvalue weighted by Crippen LogP contribution is 2.18. The first kappa shape index (κ1) is 21.3. The summed E-state index contributed by atoms with van der Waals surface area (Å²) in [5, 5.41) is 7.27. The van der Waals surface area contributed by atoms with Crippen LogP contribution in [-0.2, 0) is 20.7 Å². The molecule has 6 heteroatoms. The van der Waals surface area contributed by atoms with Crippen LogP contribution in [-0.4, -0.2) is 28.3 Å². The second-order valence-corrected chi connectivity index (χ2v) is 7.11. The lowest BCUT2D eigenvalue weighted by atomic mass is 10.0. The van der Waals surface area contributed by atoms with E-state index >= 15 is 0 Å². The highest BCUT2D eigenvalue weighted by molar-refractivity contribution is 5.80. The molecule has 3 rings (SSSR count). The Hall–Kier alpha value is -3.41. The lowest BCUT2D eigenvalue weighted by molar-refractivity contribution is -0.148. The summed E-state index contributed by atoms with van der Waals surface area (Å²) in [7, 11) is 0. The van der Waals surface area contributed by atoms with Crippen LogP contribution in [0.25, 0.3) is 5.69 Å². The summed E-state index contributed by atoms with van der Waals surface area (Å²) in [6.45, 7) is 1.80. The van der Waals surface area contributed by atoms with Gasteiger partial charge in [-0.3, -0.25) is 9.59 Å². The average Bonchev–Trinajstić information content (AvgIpc) is 3.26. The quantitative estimate of drug-likeness (QED) is 0.517. The fourth-order valence-corrected chi connectivity index (χ4v) is 3.21. The van der Waals surface area contributed by atoms with Crippen molar-refractivity contribution in [2.75, 3.05) is 6.61 Å². The number of carbonyl (C=O) groups excluding carboxylic acids is 2. The van der Waals surface area contributed by atoms with Crippen molar-refractivity contribution in [1.82, 2.24) is 15.1 Å². The first-order chi connectivity index (χ1) is 14.7. The van der Waals surface area contributed by atoms with Crippen LogP contribution in [0.1, 0.15) is 43.4 Å². The van der Waals surface area contributed by atoms with Gasteiger partial charge in [-0.05, 0) is 36.1 Å². The predicted molar refractivity (Wildman–Crippen MR) is 115 cm³/mol. The number of aryl methyl sites for hydroxylation is 1. The van der Waals surface area contributed by atoms with Crippen molar-refractivity contribution < 1.29 is 14.3 Å². The van der Waals surface area contributed by atoms with Gasteiger partial charge in [0.15, 0.2) is 6.61 Å². The minimum atomic E-state index is -0.399. The monoisotopic (exact) mass is 405 g/mol. The van der Waals surface area contributed by atoms with Gasteiger partial charge in [0.05, 0.1) is 17.9 Å². The summed E-state index contributed by atoms with van der Waals surface area (Å²) >= 11 is 0. The van der Waals surface area contributed by atoms with Crippen LogP contribution in [0.3, 0.4) is 0 Å². The SMILES string of the molecule is CCCC(NC(=O)COC(=O)CCc1cnn(-c2ccccc2)c1)c1ccccc1. The smallest absolute Gasteiger partial charge is 0.306 e. The number of nitrogens with zero attached hydrogens (tertiary/aromatic N) is 2. The first-order valence-corrected chi connectivity index (χ1v) is 10.2. The van der Waals surface area contributed by atoms with Gasteiger partial charge in [-0.25, -0.2) is 4.68 Å². The summed E-state index contributed by atoms with van der Waals surface area (Å²) in [5.74, 6) is -0.688. The van der Waals surface area contributed by atoms with Crippen molar-refractivity contribution in [2.24, 2.45) is 0 Å². The second-order valence-electron chi connectivity index (χ2n) is 7.11. The molecule has 6 nitrogen and oxygen atoms in total. The van der Waals surface area contributed by atoms with E-state index in [1.165, 1.54) is 0 Å². The third-order valence-electron chi connectivity index (χ3n) is 4.75. The van der Waals surface area contributed by atoms with Crippen molar-refractivity contribution >= 4 is 11.9 Å². The molecule has 1 unspecified atom stereocenters. The fraction of sp³-hybridized carbons (Fsp3) is 0.292. The van der Waals surface area contributed by atoms with E-state index in [-0.39, 0.29) is 25.0 Å². The van der Waals surface area contributed by atoms with E-state index in [0.29, 0.717) is 6.42 Å². The second kappa shape index (κ2) is 11.0. The molecule has 1 amide bonds. The molecular formula is C24H27N3O3. The molecule has 0 saturated carbocycles. The molecule has 30 heavy (non-hydrogen) atoms. The molecule has 0 aliphatic heterocycles. The predicted octanol–water partition coefficient (Wildman–Crippen LogP) is 4.01. The number of hydrogen-bond acceptors (Lipinski definition) is 4. The van der Waals surface area contributed by atoms with E-state index in [9.17, 15) is 9.59 Å². The number of rotatable bonds is 10. The Morgan fingerprint density at radius 2 is 1.77 bits per heavy atom. The summed E-state index contributed by atoms with van der Waals surface area (Å²) in [6, 6.07) is 19.5. The van der Waals surface area contributed by atoms with E-state index in [2.05, 4.69) is 17.3 Å². The third-order valence-corrected chi connectivity index (χ3v) is 4.75. The molecule has 0 bridgehead atoms. The molecule has 0 aliphatic rings. The highest BCUT2D eigenvalue weighted by atomic mass is 16.5. The van der Waals surface area contributed by atoms with E-state index in [1.807, 2.05) is 66.9 Å². The number of aromatic nitrogens is 2. The Labute approximate surface area is 176 Å². The maximum atomic E-state index is 12.2. The maximum absolute atomic E-state index is 12.2. The van der Waals surface area contributed by atoms with Gasteiger partial charge >= 0.3 is 5.97 Å². The van der Waals surface area contributed by atoms with Gasteiger partial charge in [0.1, 0.15) is 0 Å². The van der Waals surface area contributed by atoms with Crippen LogP contribution < -0.4 is 5.32 Å². The van der Waals surface area contributed by atoms with Gasteiger partial charge in [0.25, 0.3) is 5.91 Å². The van der Waals surface area contributed by atoms with E-state index < -0.39 is 5.97 Å². The van der Waals surface area contributed by atoms with Gasteiger partial charge < -0.3 is 10.1 Å². The van der Waals surface area contributed by atoms with Gasteiger partial charge in [0, 0.05) is 12.6 Å². The van der Waals surface area contributed by atoms with Crippen molar-refractivity contribution in [2.45, 2.75) is 38.6 Å². The molecule has 156 valence electrons. The molecule has 0 saturated heterocycles. The minimum Gasteiger partial charge on any atom is -0.456 e. The Balaban J connectivity index is 1.43. The Kier molecular flexibility index (Phi) is 7.78. The zero-order chi connectivity index (χ0) is 21.2. The summed E-state index contributed by atoms with van der Waals surface area (Å²) in [4.78, 5) is 24.3. The van der Waals surface area contributed by atoms with Crippen molar-refractivity contribution in [3.05, 3.63) is 84.2 Å². The average molecular weight is 405 g/mol. The zero-order valence-electron chi connectivity index (χ0n) is 17.2. The lowest BCUT2D eigenvalue weighted by Gasteiger charge is -2.18. The largest absolute Gasteiger partial charge is 0.456 e. The van der Waals surface area contributed by atoms with Gasteiger partial charge in [-0.15, -0.1) is 0 Å². The Morgan fingerprint density at radius 1 is 1.07 bits per heavy atom. The van der Waals surface area contributed by atoms with E-state index in [4.69, 9.17) is 4.74 Å². The van der Waals surface area contributed by atoms with Crippen LogP contribution in [0.4, 0.5) is 0 Å². The Morgan fingerprint density at radius 3 is 2.47 bits per heavy atom. The number of ether oxygens (including phenoxy) is 1. The standard InChI is InChI=1S/C24H27N3O3/c1-2-9-22(20-10-5-3-6-11-20)26-23(28)18-30-24(29)15-14-19-16-25-27(17-19)21-12-7-4-8-13-21/h3-8,10-13,16-17,22H,2,9,14-15,18H2,1H3,(H,26,28). The highest BCUT2D eigenvalue weighted by Gasteiger charge is 2.15. The summed E-state index contributed by atoms with van der Waals surface area (Å²) in [5.41, 5.74) is 2.95. The van der Waals surface area contributed by atoms with Crippen molar-refractivity contribution in [3.63, 3.8) is 0 Å². The van der Waals surface area contributed by atoms with Crippen LogP contribution in [0.5, 0.6) is 0 Å². The maximum Gasteiger partial charge on any atom is 0.306 e. The molecule has 3 aromatic rings. The minimum absolute atomic E-state index is 0.0776. The van der Waals surface area contributed by atoms with Gasteiger partial charge in [-0.1, -0.05) is 61.9 Å². The number of carbonyl (C=O) groups is 2. The lowest BCUT2D eigenvalue weighted by Crippen LogP contribution is -2.32. The Bertz CT molecular complexity index is 939. The number of para-hydroxylation sites is 1. The molecule has 1 N–H and O–H groups in total. The van der Waals surface area contributed by atoms with Crippen LogP contribution in [0.15, 0.2) is 73.1 Å². The first-order valence-electron chi connectivity index (χ1n) is 10.2. The molecule has 0 spiro atoms. The number of nitrogens with one attached hydrogen (secondary N) is 1. The zero-order valence-corrected chi connectivity index (χ0v) is 17.2. The molecule has 0 fully saturated rings. The van der Waals surface area contributed by atoms with Crippen LogP contribution >= 0.6 is 0 Å². The molecule has 1 atom stereocenters. The molecule has 1 aromatic heterocycles. The normalized spacial score (nSPS) is 11.6. The molecule has 0 aliphatic carbocycles. The molecule has 2 aromatic carbocycles.